The summed E-state index contributed by atoms with van der Waals surface area (Å²) in [7, 11) is 0. The van der Waals surface area contributed by atoms with Crippen LogP contribution in [0.5, 0.6) is 0 Å². The van der Waals surface area contributed by atoms with Crippen LogP contribution < -0.4 is 10.6 Å². The number of carbonyl (C=O) groups excluding carboxylic acids is 3. The maximum absolute atomic E-state index is 13.6. The lowest BCUT2D eigenvalue weighted by Gasteiger charge is -2.13. The molecule has 2 aliphatic heterocycles. The van der Waals surface area contributed by atoms with E-state index in [1.54, 1.807) is 48.8 Å². The van der Waals surface area contributed by atoms with Gasteiger partial charge in [0.15, 0.2) is 0 Å². The van der Waals surface area contributed by atoms with Crippen molar-refractivity contribution in [3.63, 3.8) is 0 Å². The van der Waals surface area contributed by atoms with Gasteiger partial charge in [-0.1, -0.05) is 25.1 Å². The molecule has 9 heteroatoms. The standard InChI is InChI=1S/C29H24FN5O3/c1-2-5-23-25(18-12-14-31-15-13-18)26(19-8-10-20(30)11-9-19)34-27(23)33-17-32-24(36)16-35-28(37)21-6-3-4-7-22(21)29(35)38/h3-15H,2,16-17H2,1H3,(H,32,36)(H,33,34)/b23-5-. The highest BCUT2D eigenvalue weighted by atomic mass is 19.1. The maximum atomic E-state index is 13.6. The van der Waals surface area contributed by atoms with E-state index in [-0.39, 0.29) is 23.6 Å². The van der Waals surface area contributed by atoms with Crippen molar-refractivity contribution in [1.29, 1.82) is 0 Å². The van der Waals surface area contributed by atoms with Gasteiger partial charge in [0.05, 0.1) is 16.8 Å². The van der Waals surface area contributed by atoms with Gasteiger partial charge in [-0.25, -0.2) is 9.38 Å². The largest absolute Gasteiger partial charge is 0.339 e. The summed E-state index contributed by atoms with van der Waals surface area (Å²) in [6.07, 6.45) is 6.15. The topological polar surface area (TPSA) is 104 Å². The van der Waals surface area contributed by atoms with Crippen LogP contribution in [-0.2, 0) is 4.79 Å². The predicted molar refractivity (Wildman–Crippen MR) is 141 cm³/mol. The Bertz CT molecular complexity index is 1480. The summed E-state index contributed by atoms with van der Waals surface area (Å²) in [6, 6.07) is 16.4. The van der Waals surface area contributed by atoms with Gasteiger partial charge in [0.25, 0.3) is 11.8 Å². The molecule has 1 aromatic heterocycles. The van der Waals surface area contributed by atoms with Gasteiger partial charge in [0, 0.05) is 23.5 Å². The van der Waals surface area contributed by atoms with Crippen LogP contribution in [0, 0.1) is 5.82 Å². The van der Waals surface area contributed by atoms with Gasteiger partial charge in [0.2, 0.25) is 5.91 Å². The van der Waals surface area contributed by atoms with E-state index in [9.17, 15) is 18.8 Å². The summed E-state index contributed by atoms with van der Waals surface area (Å²) in [5, 5.41) is 6.00. The maximum Gasteiger partial charge on any atom is 0.262 e. The van der Waals surface area contributed by atoms with Crippen molar-refractivity contribution in [2.75, 3.05) is 13.2 Å². The van der Waals surface area contributed by atoms with Crippen molar-refractivity contribution in [3.05, 3.63) is 113 Å². The summed E-state index contributed by atoms with van der Waals surface area (Å²) < 4.78 is 13.6. The highest BCUT2D eigenvalue weighted by Crippen LogP contribution is 2.36. The Kier molecular flexibility index (Phi) is 6.90. The Hall–Kier alpha value is -4.92. The zero-order valence-electron chi connectivity index (χ0n) is 20.6. The van der Waals surface area contributed by atoms with Crippen LogP contribution in [0.3, 0.4) is 0 Å². The number of halogens is 1. The van der Waals surface area contributed by atoms with E-state index in [4.69, 9.17) is 0 Å². The molecule has 2 N–H and O–H groups in total. The summed E-state index contributed by atoms with van der Waals surface area (Å²) >= 11 is 0. The number of amides is 3. The van der Waals surface area contributed by atoms with Crippen LogP contribution in [0.25, 0.3) is 11.3 Å². The SMILES string of the molecule is CC/C=C1\C(=NCNC(=O)CN2C(=O)c3ccccc3C2=O)NC(c2ccc(F)cc2)=C1c1ccncc1. The van der Waals surface area contributed by atoms with E-state index in [0.717, 1.165) is 39.3 Å². The number of hydrogen-bond donors (Lipinski definition) is 2. The number of fused-ring (bicyclic) bond motifs is 1. The molecule has 0 aliphatic carbocycles. The molecule has 0 saturated heterocycles. The van der Waals surface area contributed by atoms with Gasteiger partial charge in [0.1, 0.15) is 24.9 Å². The average molecular weight is 510 g/mol. The average Bonchev–Trinajstić information content (AvgIpc) is 3.40. The van der Waals surface area contributed by atoms with Crippen molar-refractivity contribution in [1.82, 2.24) is 20.5 Å². The number of hydrogen-bond acceptors (Lipinski definition) is 5. The summed E-state index contributed by atoms with van der Waals surface area (Å²) in [5.41, 5.74) is 4.75. The van der Waals surface area contributed by atoms with Gasteiger partial charge in [-0.15, -0.1) is 0 Å². The second-order valence-corrected chi connectivity index (χ2v) is 8.65. The minimum absolute atomic E-state index is 0.0777. The lowest BCUT2D eigenvalue weighted by molar-refractivity contribution is -0.121. The minimum atomic E-state index is -0.510. The van der Waals surface area contributed by atoms with Crippen molar-refractivity contribution in [3.8, 4) is 0 Å². The molecule has 190 valence electrons. The van der Waals surface area contributed by atoms with Crippen LogP contribution in [0.2, 0.25) is 0 Å². The fraction of sp³-hybridized carbons (Fsp3) is 0.138. The molecule has 0 spiro atoms. The molecule has 0 fully saturated rings. The van der Waals surface area contributed by atoms with Crippen LogP contribution in [0.15, 0.2) is 89.7 Å². The molecule has 2 aromatic carbocycles. The summed E-state index contributed by atoms with van der Waals surface area (Å²) in [6.45, 7) is 1.53. The van der Waals surface area contributed by atoms with E-state index in [1.807, 2.05) is 25.1 Å². The number of aliphatic imine (C=N–C) groups is 1. The molecule has 0 saturated carbocycles. The van der Waals surface area contributed by atoms with Crippen LogP contribution >= 0.6 is 0 Å². The normalized spacial score (nSPS) is 16.8. The smallest absolute Gasteiger partial charge is 0.262 e. The third-order valence-electron chi connectivity index (χ3n) is 6.22. The molecular weight excluding hydrogens is 485 g/mol. The third kappa shape index (κ3) is 4.73. The van der Waals surface area contributed by atoms with Crippen molar-refractivity contribution >= 4 is 34.8 Å². The van der Waals surface area contributed by atoms with Gasteiger partial charge < -0.3 is 10.6 Å². The number of benzene rings is 2. The van der Waals surface area contributed by atoms with Crippen LogP contribution in [0.4, 0.5) is 4.39 Å². The minimum Gasteiger partial charge on any atom is -0.339 e. The fourth-order valence-corrected chi connectivity index (χ4v) is 4.47. The number of aromatic nitrogens is 1. The van der Waals surface area contributed by atoms with E-state index >= 15 is 0 Å². The van der Waals surface area contributed by atoms with E-state index in [0.29, 0.717) is 5.84 Å². The molecule has 0 atom stereocenters. The molecule has 2 aliphatic rings. The van der Waals surface area contributed by atoms with Crippen LogP contribution in [0.1, 0.15) is 45.2 Å². The zero-order chi connectivity index (χ0) is 26.6. The molecule has 3 heterocycles. The molecule has 8 nitrogen and oxygen atoms in total. The van der Waals surface area contributed by atoms with Crippen LogP contribution in [-0.4, -0.2) is 46.7 Å². The first-order chi connectivity index (χ1) is 18.5. The van der Waals surface area contributed by atoms with Gasteiger partial charge in [-0.05, 0) is 66.1 Å². The molecule has 0 bridgehead atoms. The monoisotopic (exact) mass is 509 g/mol. The molecule has 3 aromatic rings. The van der Waals surface area contributed by atoms with Crippen molar-refractivity contribution in [2.24, 2.45) is 4.99 Å². The van der Waals surface area contributed by atoms with E-state index < -0.39 is 24.3 Å². The molecule has 5 rings (SSSR count). The fourth-order valence-electron chi connectivity index (χ4n) is 4.47. The molecule has 0 unspecified atom stereocenters. The summed E-state index contributed by atoms with van der Waals surface area (Å²) in [5.74, 6) is -1.29. The van der Waals surface area contributed by atoms with E-state index in [1.165, 1.54) is 12.1 Å². The zero-order valence-corrected chi connectivity index (χ0v) is 20.6. The lowest BCUT2D eigenvalue weighted by atomic mass is 9.96. The second kappa shape index (κ2) is 10.6. The second-order valence-electron chi connectivity index (χ2n) is 8.65. The first kappa shape index (κ1) is 24.8. The van der Waals surface area contributed by atoms with Crippen molar-refractivity contribution < 1.29 is 18.8 Å². The number of pyridine rings is 1. The number of nitrogens with one attached hydrogen (secondary N) is 2. The number of carbonyl (C=O) groups is 3. The van der Waals surface area contributed by atoms with E-state index in [2.05, 4.69) is 20.6 Å². The number of imide groups is 1. The Morgan fingerprint density at radius 3 is 2.29 bits per heavy atom. The predicted octanol–water partition coefficient (Wildman–Crippen LogP) is 3.80. The Labute approximate surface area is 218 Å². The van der Waals surface area contributed by atoms with Crippen molar-refractivity contribution in [2.45, 2.75) is 13.3 Å². The third-order valence-corrected chi connectivity index (χ3v) is 6.22. The lowest BCUT2D eigenvalue weighted by Crippen LogP contribution is -2.40. The summed E-state index contributed by atoms with van der Waals surface area (Å²) in [4.78, 5) is 47.3. The number of allylic oxidation sites excluding steroid dienone is 1. The molecule has 0 radical (unpaired) electrons. The Morgan fingerprint density at radius 2 is 1.66 bits per heavy atom. The number of rotatable bonds is 7. The Balaban J connectivity index is 1.35. The quantitative estimate of drug-likeness (QED) is 0.472. The number of amidine groups is 1. The van der Waals surface area contributed by atoms with Gasteiger partial charge >= 0.3 is 0 Å². The highest BCUT2D eigenvalue weighted by molar-refractivity contribution is 6.26. The first-order valence-electron chi connectivity index (χ1n) is 12.1. The molecule has 38 heavy (non-hydrogen) atoms. The molecular formula is C29H24FN5O3. The molecule has 3 amide bonds. The highest BCUT2D eigenvalue weighted by Gasteiger charge is 2.36. The first-order valence-corrected chi connectivity index (χ1v) is 12.1. The number of nitrogens with zero attached hydrogens (tertiary/aromatic N) is 3. The Morgan fingerprint density at radius 1 is 1.00 bits per heavy atom. The van der Waals surface area contributed by atoms with Gasteiger partial charge in [-0.3, -0.25) is 24.3 Å². The van der Waals surface area contributed by atoms with Gasteiger partial charge in [-0.2, -0.15) is 0 Å².